The summed E-state index contributed by atoms with van der Waals surface area (Å²) in [4.78, 5) is 4.85. The van der Waals surface area contributed by atoms with E-state index in [1.54, 1.807) is 0 Å². The smallest absolute Gasteiger partial charge is 0.127 e. The fraction of sp³-hybridized carbons (Fsp3) is 0.786. The van der Waals surface area contributed by atoms with Gasteiger partial charge in [0.2, 0.25) is 0 Å². The number of anilines is 1. The van der Waals surface area contributed by atoms with Crippen molar-refractivity contribution in [3.05, 3.63) is 11.5 Å². The second-order valence-electron chi connectivity index (χ2n) is 5.91. The molecule has 1 aliphatic carbocycles. The zero-order valence-corrected chi connectivity index (χ0v) is 11.4. The Balaban J connectivity index is 1.96. The summed E-state index contributed by atoms with van der Waals surface area (Å²) in [5, 5.41) is 0. The van der Waals surface area contributed by atoms with Crippen LogP contribution in [-0.2, 0) is 4.74 Å². The third-order valence-corrected chi connectivity index (χ3v) is 3.98. The number of rotatable bonds is 3. The molecule has 1 saturated heterocycles. The first kappa shape index (κ1) is 12.0. The molecule has 3 rings (SSSR count). The van der Waals surface area contributed by atoms with E-state index in [9.17, 15) is 0 Å². The van der Waals surface area contributed by atoms with E-state index in [4.69, 9.17) is 15.5 Å². The molecule has 0 amide bonds. The highest BCUT2D eigenvalue weighted by Crippen LogP contribution is 2.42. The molecule has 0 radical (unpaired) electrons. The molecule has 1 unspecified atom stereocenters. The van der Waals surface area contributed by atoms with Gasteiger partial charge in [0, 0.05) is 24.5 Å². The number of hydrogen-bond donors (Lipinski definition) is 1. The highest BCUT2D eigenvalue weighted by Gasteiger charge is 2.32. The molecule has 1 aromatic heterocycles. The standard InChI is InChI=1S/C14H23N3O/c1-9(2)14-16-12(10-4-3-7-18-8-10)13(15)17(14)11-5-6-11/h9-11H,3-8,15H2,1-2H3. The molecular formula is C14H23N3O. The van der Waals surface area contributed by atoms with Crippen molar-refractivity contribution < 1.29 is 4.74 Å². The number of nitrogen functional groups attached to an aromatic ring is 1. The van der Waals surface area contributed by atoms with Crippen LogP contribution in [0.4, 0.5) is 5.82 Å². The summed E-state index contributed by atoms with van der Waals surface area (Å²) in [7, 11) is 0. The number of aromatic nitrogens is 2. The van der Waals surface area contributed by atoms with Crippen molar-refractivity contribution in [2.45, 2.75) is 57.4 Å². The van der Waals surface area contributed by atoms with Crippen molar-refractivity contribution >= 4 is 5.82 Å². The van der Waals surface area contributed by atoms with Crippen molar-refractivity contribution in [1.82, 2.24) is 9.55 Å². The highest BCUT2D eigenvalue weighted by atomic mass is 16.5. The first-order valence-corrected chi connectivity index (χ1v) is 7.13. The average Bonchev–Trinajstić information content (AvgIpc) is 3.14. The van der Waals surface area contributed by atoms with Crippen LogP contribution in [0.25, 0.3) is 0 Å². The second-order valence-corrected chi connectivity index (χ2v) is 5.91. The molecule has 2 N–H and O–H groups in total. The van der Waals surface area contributed by atoms with E-state index in [1.807, 2.05) is 0 Å². The molecule has 1 aliphatic heterocycles. The first-order valence-electron chi connectivity index (χ1n) is 7.13. The van der Waals surface area contributed by atoms with Gasteiger partial charge in [0.15, 0.2) is 0 Å². The minimum absolute atomic E-state index is 0.399. The molecule has 1 saturated carbocycles. The lowest BCUT2D eigenvalue weighted by Gasteiger charge is -2.21. The van der Waals surface area contributed by atoms with Crippen LogP contribution in [0.15, 0.2) is 0 Å². The molecule has 2 fully saturated rings. The summed E-state index contributed by atoms with van der Waals surface area (Å²) in [6, 6.07) is 0.605. The van der Waals surface area contributed by atoms with Gasteiger partial charge in [0.1, 0.15) is 11.6 Å². The second kappa shape index (κ2) is 4.57. The summed E-state index contributed by atoms with van der Waals surface area (Å²) in [6.07, 6.45) is 4.78. The topological polar surface area (TPSA) is 53.1 Å². The fourth-order valence-corrected chi connectivity index (χ4v) is 2.86. The van der Waals surface area contributed by atoms with E-state index in [-0.39, 0.29) is 0 Å². The summed E-state index contributed by atoms with van der Waals surface area (Å²) in [6.45, 7) is 6.06. The van der Waals surface area contributed by atoms with Gasteiger partial charge in [-0.25, -0.2) is 4.98 Å². The van der Waals surface area contributed by atoms with Crippen molar-refractivity contribution in [2.75, 3.05) is 18.9 Å². The van der Waals surface area contributed by atoms with Crippen molar-refractivity contribution in [1.29, 1.82) is 0 Å². The van der Waals surface area contributed by atoms with Crippen LogP contribution in [0.1, 0.15) is 68.9 Å². The normalized spacial score (nSPS) is 24.7. The number of ether oxygens (including phenoxy) is 1. The molecule has 2 aliphatic rings. The van der Waals surface area contributed by atoms with Gasteiger partial charge in [0.25, 0.3) is 0 Å². The maximum absolute atomic E-state index is 6.36. The Kier molecular flexibility index (Phi) is 3.06. The van der Waals surface area contributed by atoms with Crippen molar-refractivity contribution in [3.8, 4) is 0 Å². The van der Waals surface area contributed by atoms with E-state index in [0.717, 1.165) is 43.4 Å². The lowest BCUT2D eigenvalue weighted by atomic mass is 9.98. The minimum atomic E-state index is 0.399. The largest absolute Gasteiger partial charge is 0.384 e. The molecule has 2 heterocycles. The Morgan fingerprint density at radius 2 is 2.11 bits per heavy atom. The van der Waals surface area contributed by atoms with E-state index in [1.165, 1.54) is 12.8 Å². The molecule has 1 atom stereocenters. The SMILES string of the molecule is CC(C)c1nc(C2CCCOC2)c(N)n1C1CC1. The first-order chi connectivity index (χ1) is 8.68. The molecular weight excluding hydrogens is 226 g/mol. The number of hydrogen-bond acceptors (Lipinski definition) is 3. The summed E-state index contributed by atoms with van der Waals surface area (Å²) < 4.78 is 7.86. The van der Waals surface area contributed by atoms with Crippen molar-refractivity contribution in [3.63, 3.8) is 0 Å². The van der Waals surface area contributed by atoms with E-state index < -0.39 is 0 Å². The van der Waals surface area contributed by atoms with Crippen molar-refractivity contribution in [2.24, 2.45) is 0 Å². The molecule has 0 spiro atoms. The minimum Gasteiger partial charge on any atom is -0.384 e. The molecule has 4 heteroatoms. The molecule has 100 valence electrons. The lowest BCUT2D eigenvalue weighted by molar-refractivity contribution is 0.0795. The van der Waals surface area contributed by atoms with Crippen LogP contribution < -0.4 is 5.73 Å². The summed E-state index contributed by atoms with van der Waals surface area (Å²) in [5.41, 5.74) is 7.45. The Bertz CT molecular complexity index is 428. The number of nitrogens with two attached hydrogens (primary N) is 1. The van der Waals surface area contributed by atoms with Crippen LogP contribution in [0, 0.1) is 0 Å². The Labute approximate surface area is 109 Å². The van der Waals surface area contributed by atoms with E-state index in [2.05, 4.69) is 18.4 Å². The molecule has 1 aromatic rings. The molecule has 0 bridgehead atoms. The summed E-state index contributed by atoms with van der Waals surface area (Å²) in [5.74, 6) is 2.90. The molecule has 18 heavy (non-hydrogen) atoms. The third kappa shape index (κ3) is 2.03. The van der Waals surface area contributed by atoms with Crippen LogP contribution in [0.2, 0.25) is 0 Å². The predicted molar refractivity (Wildman–Crippen MR) is 71.8 cm³/mol. The maximum atomic E-state index is 6.36. The lowest BCUT2D eigenvalue weighted by Crippen LogP contribution is -2.17. The molecule has 0 aromatic carbocycles. The quantitative estimate of drug-likeness (QED) is 0.896. The van der Waals surface area contributed by atoms with Gasteiger partial charge in [-0.2, -0.15) is 0 Å². The maximum Gasteiger partial charge on any atom is 0.127 e. The van der Waals surface area contributed by atoms with Gasteiger partial charge in [-0.15, -0.1) is 0 Å². The number of imidazole rings is 1. The van der Waals surface area contributed by atoms with Gasteiger partial charge in [0.05, 0.1) is 12.3 Å². The zero-order chi connectivity index (χ0) is 12.7. The average molecular weight is 249 g/mol. The fourth-order valence-electron chi connectivity index (χ4n) is 2.86. The number of nitrogens with zero attached hydrogens (tertiary/aromatic N) is 2. The van der Waals surface area contributed by atoms with Gasteiger partial charge in [-0.3, -0.25) is 0 Å². The summed E-state index contributed by atoms with van der Waals surface area (Å²) >= 11 is 0. The van der Waals surface area contributed by atoms with Crippen LogP contribution in [-0.4, -0.2) is 22.8 Å². The zero-order valence-electron chi connectivity index (χ0n) is 11.4. The van der Waals surface area contributed by atoms with E-state index in [0.29, 0.717) is 17.9 Å². The van der Waals surface area contributed by atoms with Gasteiger partial charge in [-0.1, -0.05) is 13.8 Å². The van der Waals surface area contributed by atoms with Gasteiger partial charge >= 0.3 is 0 Å². The van der Waals surface area contributed by atoms with E-state index >= 15 is 0 Å². The Hall–Kier alpha value is -1.03. The third-order valence-electron chi connectivity index (χ3n) is 3.98. The van der Waals surface area contributed by atoms with Crippen LogP contribution in [0.3, 0.4) is 0 Å². The van der Waals surface area contributed by atoms with Crippen LogP contribution >= 0.6 is 0 Å². The molecule has 4 nitrogen and oxygen atoms in total. The Morgan fingerprint density at radius 3 is 2.67 bits per heavy atom. The highest BCUT2D eigenvalue weighted by molar-refractivity contribution is 5.42. The van der Waals surface area contributed by atoms with Crippen LogP contribution in [0.5, 0.6) is 0 Å². The predicted octanol–water partition coefficient (Wildman–Crippen LogP) is 2.82. The Morgan fingerprint density at radius 1 is 1.33 bits per heavy atom. The van der Waals surface area contributed by atoms with Gasteiger partial charge in [-0.05, 0) is 25.7 Å². The van der Waals surface area contributed by atoms with Gasteiger partial charge < -0.3 is 15.0 Å². The monoisotopic (exact) mass is 249 g/mol.